The second kappa shape index (κ2) is 7.47. The largest absolute Gasteiger partial charge is 0.465 e. The lowest BCUT2D eigenvalue weighted by atomic mass is 10.1. The van der Waals surface area contributed by atoms with Crippen LogP contribution >= 0.6 is 0 Å². The maximum atomic E-state index is 12.0. The molecule has 0 unspecified atom stereocenters. The zero-order valence-electron chi connectivity index (χ0n) is 12.8. The van der Waals surface area contributed by atoms with Crippen LogP contribution in [0.2, 0.25) is 0 Å². The van der Waals surface area contributed by atoms with Crippen LogP contribution in [-0.4, -0.2) is 43.0 Å². The van der Waals surface area contributed by atoms with Crippen LogP contribution in [0.25, 0.3) is 0 Å². The van der Waals surface area contributed by atoms with Crippen molar-refractivity contribution >= 4 is 17.8 Å². The lowest BCUT2D eigenvalue weighted by Crippen LogP contribution is -2.37. The van der Waals surface area contributed by atoms with E-state index in [0.717, 1.165) is 6.42 Å². The normalized spacial score (nSPS) is 10.1. The second-order valence-electron chi connectivity index (χ2n) is 4.65. The fourth-order valence-corrected chi connectivity index (χ4v) is 1.96. The Morgan fingerprint density at radius 2 is 1.86 bits per heavy atom. The van der Waals surface area contributed by atoms with Crippen molar-refractivity contribution in [3.8, 4) is 0 Å². The number of carbonyl (C=O) groups excluding carboxylic acids is 3. The molecule has 0 aliphatic heterocycles. The Labute approximate surface area is 123 Å². The molecule has 0 saturated heterocycles. The number of aryl methyl sites for hydroxylation is 1. The van der Waals surface area contributed by atoms with E-state index in [1.54, 1.807) is 13.8 Å². The monoisotopic (exact) mass is 295 g/mol. The Morgan fingerprint density at radius 3 is 2.43 bits per heavy atom. The van der Waals surface area contributed by atoms with Crippen molar-refractivity contribution in [3.63, 3.8) is 0 Å². The van der Waals surface area contributed by atoms with Crippen molar-refractivity contribution in [3.05, 3.63) is 22.5 Å². The summed E-state index contributed by atoms with van der Waals surface area (Å²) in [6.07, 6.45) is 0.830. The van der Waals surface area contributed by atoms with Crippen molar-refractivity contribution < 1.29 is 19.1 Å². The zero-order valence-corrected chi connectivity index (χ0v) is 12.8. The number of H-pyrrole nitrogens is 1. The van der Waals surface area contributed by atoms with Gasteiger partial charge in [0.25, 0.3) is 5.91 Å². The summed E-state index contributed by atoms with van der Waals surface area (Å²) >= 11 is 0. The predicted molar refractivity (Wildman–Crippen MR) is 77.2 cm³/mol. The number of methoxy groups -OCH3 is 1. The number of hydrogen-bond acceptors (Lipinski definition) is 4. The first-order chi connectivity index (χ1) is 9.92. The Balaban J connectivity index is 2.76. The molecule has 0 bridgehead atoms. The Hall–Kier alpha value is -2.31. The summed E-state index contributed by atoms with van der Waals surface area (Å²) in [5, 5.41) is 5.17. The van der Waals surface area contributed by atoms with Crippen molar-refractivity contribution in [2.45, 2.75) is 27.2 Å². The van der Waals surface area contributed by atoms with E-state index < -0.39 is 11.9 Å². The fourth-order valence-electron chi connectivity index (χ4n) is 1.96. The van der Waals surface area contributed by atoms with Gasteiger partial charge in [-0.3, -0.25) is 9.59 Å². The molecule has 7 heteroatoms. The van der Waals surface area contributed by atoms with Crippen LogP contribution in [0.5, 0.6) is 0 Å². The summed E-state index contributed by atoms with van der Waals surface area (Å²) in [6, 6.07) is 0. The van der Waals surface area contributed by atoms with Crippen LogP contribution in [0.4, 0.5) is 0 Å². The molecule has 2 amide bonds. The summed E-state index contributed by atoms with van der Waals surface area (Å²) in [6.45, 7) is 5.75. The van der Waals surface area contributed by atoms with E-state index >= 15 is 0 Å². The molecule has 0 spiro atoms. The number of amides is 2. The summed E-state index contributed by atoms with van der Waals surface area (Å²) in [5.74, 6) is -1.18. The van der Waals surface area contributed by atoms with Crippen LogP contribution in [0.15, 0.2) is 0 Å². The van der Waals surface area contributed by atoms with Crippen molar-refractivity contribution in [1.82, 2.24) is 15.6 Å². The van der Waals surface area contributed by atoms with Gasteiger partial charge in [0.1, 0.15) is 5.69 Å². The third kappa shape index (κ3) is 4.08. The SMILES string of the molecule is CCCNC(=O)CNC(=O)c1[nH]c(C)c(C(=O)OC)c1C. The molecule has 0 fully saturated rings. The van der Waals surface area contributed by atoms with Crippen molar-refractivity contribution in [2.24, 2.45) is 0 Å². The number of esters is 1. The van der Waals surface area contributed by atoms with Gasteiger partial charge in [-0.25, -0.2) is 4.79 Å². The number of hydrogen-bond donors (Lipinski definition) is 3. The van der Waals surface area contributed by atoms with Gasteiger partial charge < -0.3 is 20.4 Å². The van der Waals surface area contributed by atoms with E-state index in [0.29, 0.717) is 23.4 Å². The van der Waals surface area contributed by atoms with Crippen LogP contribution in [0, 0.1) is 13.8 Å². The van der Waals surface area contributed by atoms with Crippen LogP contribution in [-0.2, 0) is 9.53 Å². The lowest BCUT2D eigenvalue weighted by molar-refractivity contribution is -0.120. The van der Waals surface area contributed by atoms with Crippen LogP contribution < -0.4 is 10.6 Å². The minimum atomic E-state index is -0.499. The molecule has 0 aliphatic carbocycles. The number of aromatic nitrogens is 1. The van der Waals surface area contributed by atoms with Gasteiger partial charge in [-0.15, -0.1) is 0 Å². The van der Waals surface area contributed by atoms with E-state index in [4.69, 9.17) is 0 Å². The molecule has 116 valence electrons. The van der Waals surface area contributed by atoms with Gasteiger partial charge in [0.15, 0.2) is 0 Å². The number of ether oxygens (including phenoxy) is 1. The molecule has 0 aliphatic rings. The Bertz CT molecular complexity index is 549. The average molecular weight is 295 g/mol. The zero-order chi connectivity index (χ0) is 16.0. The quantitative estimate of drug-likeness (QED) is 0.672. The molecular weight excluding hydrogens is 274 g/mol. The Morgan fingerprint density at radius 1 is 1.19 bits per heavy atom. The molecule has 0 aromatic carbocycles. The van der Waals surface area contributed by atoms with Gasteiger partial charge in [0.2, 0.25) is 5.91 Å². The van der Waals surface area contributed by atoms with E-state index in [2.05, 4.69) is 20.4 Å². The molecule has 0 saturated carbocycles. The number of carbonyl (C=O) groups is 3. The molecule has 1 aromatic rings. The number of aromatic amines is 1. The van der Waals surface area contributed by atoms with Crippen molar-refractivity contribution in [2.75, 3.05) is 20.2 Å². The minimum Gasteiger partial charge on any atom is -0.465 e. The molecule has 7 nitrogen and oxygen atoms in total. The lowest BCUT2D eigenvalue weighted by Gasteiger charge is -2.06. The first-order valence-electron chi connectivity index (χ1n) is 6.74. The number of rotatable bonds is 6. The van der Waals surface area contributed by atoms with E-state index in [9.17, 15) is 14.4 Å². The molecule has 1 aromatic heterocycles. The minimum absolute atomic E-state index is 0.107. The van der Waals surface area contributed by atoms with Crippen LogP contribution in [0.1, 0.15) is 45.4 Å². The molecular formula is C14H21N3O4. The smallest absolute Gasteiger partial charge is 0.339 e. The maximum Gasteiger partial charge on any atom is 0.339 e. The highest BCUT2D eigenvalue weighted by Gasteiger charge is 2.22. The van der Waals surface area contributed by atoms with E-state index in [1.807, 2.05) is 6.92 Å². The molecule has 3 N–H and O–H groups in total. The van der Waals surface area contributed by atoms with E-state index in [-0.39, 0.29) is 18.1 Å². The molecule has 0 radical (unpaired) electrons. The highest BCUT2D eigenvalue weighted by molar-refractivity contribution is 6.01. The highest BCUT2D eigenvalue weighted by Crippen LogP contribution is 2.18. The Kier molecular flexibility index (Phi) is 5.95. The molecule has 0 atom stereocenters. The van der Waals surface area contributed by atoms with Gasteiger partial charge >= 0.3 is 5.97 Å². The number of nitrogens with one attached hydrogen (secondary N) is 3. The van der Waals surface area contributed by atoms with Gasteiger partial charge in [-0.05, 0) is 25.8 Å². The summed E-state index contributed by atoms with van der Waals surface area (Å²) in [5.41, 5.74) is 1.67. The summed E-state index contributed by atoms with van der Waals surface area (Å²) in [7, 11) is 1.28. The topological polar surface area (TPSA) is 100 Å². The van der Waals surface area contributed by atoms with Crippen molar-refractivity contribution in [1.29, 1.82) is 0 Å². The van der Waals surface area contributed by atoms with Gasteiger partial charge in [0.05, 0.1) is 19.2 Å². The first kappa shape index (κ1) is 16.7. The van der Waals surface area contributed by atoms with Gasteiger partial charge in [0, 0.05) is 12.2 Å². The molecule has 21 heavy (non-hydrogen) atoms. The van der Waals surface area contributed by atoms with Gasteiger partial charge in [-0.1, -0.05) is 6.92 Å². The summed E-state index contributed by atoms with van der Waals surface area (Å²) in [4.78, 5) is 38.0. The van der Waals surface area contributed by atoms with Gasteiger partial charge in [-0.2, -0.15) is 0 Å². The predicted octanol–water partition coefficient (Wildman–Crippen LogP) is 0.674. The highest BCUT2D eigenvalue weighted by atomic mass is 16.5. The molecule has 1 rings (SSSR count). The standard InChI is InChI=1S/C14H21N3O4/c1-5-6-15-10(18)7-16-13(19)12-8(2)11(9(3)17-12)14(20)21-4/h17H,5-7H2,1-4H3,(H,15,18)(H,16,19). The fraction of sp³-hybridized carbons (Fsp3) is 0.500. The second-order valence-corrected chi connectivity index (χ2v) is 4.65. The summed E-state index contributed by atoms with van der Waals surface area (Å²) < 4.78 is 4.68. The third-order valence-electron chi connectivity index (χ3n) is 3.04. The van der Waals surface area contributed by atoms with E-state index in [1.165, 1.54) is 7.11 Å². The third-order valence-corrected chi connectivity index (χ3v) is 3.04. The average Bonchev–Trinajstić information content (AvgIpc) is 2.76. The maximum absolute atomic E-state index is 12.0. The van der Waals surface area contributed by atoms with Crippen LogP contribution in [0.3, 0.4) is 0 Å². The first-order valence-corrected chi connectivity index (χ1v) is 6.74. The molecule has 1 heterocycles.